The number of hydrogen-bond acceptors (Lipinski definition) is 3. The summed E-state index contributed by atoms with van der Waals surface area (Å²) in [4.78, 5) is 13.5. The fourth-order valence-corrected chi connectivity index (χ4v) is 3.79. The van der Waals surface area contributed by atoms with Crippen LogP contribution < -0.4 is 56.5 Å². The molecule has 0 fully saturated rings. The molecule has 4 heteroatoms. The third-order valence-electron chi connectivity index (χ3n) is 5.42. The molecule has 0 aliphatic heterocycles. The normalized spacial score (nSPS) is 12.1. The fraction of sp³-hybridized carbons (Fsp3) is 0.957. The molecule has 0 saturated carbocycles. The molecule has 0 N–H and O–H groups in total. The zero-order chi connectivity index (χ0) is 19.5. The van der Waals surface area contributed by atoms with Crippen LogP contribution >= 0.6 is 0 Å². The molecule has 1 atom stereocenters. The molecule has 0 saturated heterocycles. The van der Waals surface area contributed by atoms with E-state index in [-0.39, 0.29) is 57.8 Å². The second-order valence-corrected chi connectivity index (χ2v) is 7.92. The Bertz CT molecular complexity index is 297. The van der Waals surface area contributed by atoms with Crippen molar-refractivity contribution in [2.45, 2.75) is 130 Å². The largest absolute Gasteiger partial charge is 1.00 e. The van der Waals surface area contributed by atoms with Crippen molar-refractivity contribution in [3.8, 4) is 0 Å². The van der Waals surface area contributed by atoms with Crippen LogP contribution in [0, 0.1) is 0 Å². The van der Waals surface area contributed by atoms with Gasteiger partial charge in [-0.15, -0.1) is 0 Å². The van der Waals surface area contributed by atoms with Gasteiger partial charge in [0.15, 0.2) is 0 Å². The van der Waals surface area contributed by atoms with E-state index in [2.05, 4.69) is 25.7 Å². The maximum atomic E-state index is 10.9. The van der Waals surface area contributed by atoms with E-state index in [1.807, 2.05) is 0 Å². The number of carbonyl (C=O) groups is 1. The molecular formula is C23H46KNO2. The van der Waals surface area contributed by atoms with Crippen LogP contribution in [0.2, 0.25) is 0 Å². The van der Waals surface area contributed by atoms with Gasteiger partial charge in [-0.1, -0.05) is 91.4 Å². The molecule has 0 aromatic heterocycles. The van der Waals surface area contributed by atoms with Gasteiger partial charge in [-0.05, 0) is 45.2 Å². The number of carboxylic acid groups (broad SMARTS) is 1. The Kier molecular flexibility index (Phi) is 26.2. The summed E-state index contributed by atoms with van der Waals surface area (Å²) in [5.41, 5.74) is 0. The van der Waals surface area contributed by atoms with Crippen LogP contribution in [-0.2, 0) is 4.79 Å². The van der Waals surface area contributed by atoms with Gasteiger partial charge in [0.05, 0.1) is 0 Å². The van der Waals surface area contributed by atoms with Crippen molar-refractivity contribution in [2.75, 3.05) is 13.1 Å². The van der Waals surface area contributed by atoms with E-state index in [1.54, 1.807) is 0 Å². The molecule has 3 nitrogen and oxygen atoms in total. The average molecular weight is 408 g/mol. The maximum Gasteiger partial charge on any atom is 1.00 e. The van der Waals surface area contributed by atoms with E-state index in [0.29, 0.717) is 6.04 Å². The van der Waals surface area contributed by atoms with E-state index in [1.165, 1.54) is 77.0 Å². The number of aliphatic carboxylic acids is 1. The molecule has 0 rings (SSSR count). The summed E-state index contributed by atoms with van der Waals surface area (Å²) in [5.74, 6) is -0.898. The van der Waals surface area contributed by atoms with Gasteiger partial charge in [-0.2, -0.15) is 0 Å². The maximum absolute atomic E-state index is 10.9. The third kappa shape index (κ3) is 20.1. The standard InChI is InChI=1S/C23H47NO2.K/c1-4-7-9-11-13-15-20-24(21-16-14-12-10-8-5-2)22(17-6-3)18-19-23(25)26;/h22H,4-21H2,1-3H3,(H,25,26);/q;+1/p-1. The third-order valence-corrected chi connectivity index (χ3v) is 5.42. The SMILES string of the molecule is CCCCCCCCN(CCCCCCCC)C(CCC)CCC(=O)[O-].[K+]. The van der Waals surface area contributed by atoms with E-state index in [0.717, 1.165) is 32.4 Å². The molecule has 0 aromatic carbocycles. The Morgan fingerprint density at radius 3 is 1.56 bits per heavy atom. The molecule has 0 amide bonds. The van der Waals surface area contributed by atoms with Gasteiger partial charge in [-0.3, -0.25) is 0 Å². The first-order chi connectivity index (χ1) is 12.7. The van der Waals surface area contributed by atoms with Gasteiger partial charge in [-0.25, -0.2) is 0 Å². The van der Waals surface area contributed by atoms with Crippen LogP contribution in [0.4, 0.5) is 0 Å². The van der Waals surface area contributed by atoms with Gasteiger partial charge in [0.2, 0.25) is 0 Å². The minimum Gasteiger partial charge on any atom is -0.550 e. The van der Waals surface area contributed by atoms with Gasteiger partial charge >= 0.3 is 51.4 Å². The molecule has 0 aliphatic rings. The van der Waals surface area contributed by atoms with Crippen LogP contribution in [0.3, 0.4) is 0 Å². The topological polar surface area (TPSA) is 43.4 Å². The summed E-state index contributed by atoms with van der Waals surface area (Å²) in [6.07, 6.45) is 19.0. The summed E-state index contributed by atoms with van der Waals surface area (Å²) in [6, 6.07) is 0.421. The van der Waals surface area contributed by atoms with Crippen molar-refractivity contribution < 1.29 is 61.3 Å². The molecule has 0 radical (unpaired) electrons. The van der Waals surface area contributed by atoms with E-state index >= 15 is 0 Å². The Labute approximate surface area is 212 Å². The average Bonchev–Trinajstić information content (AvgIpc) is 2.62. The van der Waals surface area contributed by atoms with Crippen LogP contribution in [0.15, 0.2) is 0 Å². The minimum atomic E-state index is -0.898. The van der Waals surface area contributed by atoms with Crippen molar-refractivity contribution in [3.63, 3.8) is 0 Å². The summed E-state index contributed by atoms with van der Waals surface area (Å²) < 4.78 is 0. The molecule has 0 aromatic rings. The Hall–Kier alpha value is 1.07. The second kappa shape index (κ2) is 23.3. The number of unbranched alkanes of at least 4 members (excludes halogenated alkanes) is 10. The minimum absolute atomic E-state index is 0. The Morgan fingerprint density at radius 1 is 0.704 bits per heavy atom. The van der Waals surface area contributed by atoms with Crippen molar-refractivity contribution >= 4 is 5.97 Å². The molecule has 156 valence electrons. The zero-order valence-corrected chi connectivity index (χ0v) is 22.2. The van der Waals surface area contributed by atoms with E-state index in [4.69, 9.17) is 0 Å². The quantitative estimate of drug-likeness (QED) is 0.230. The van der Waals surface area contributed by atoms with Crippen molar-refractivity contribution in [2.24, 2.45) is 0 Å². The monoisotopic (exact) mass is 407 g/mol. The number of rotatable bonds is 20. The summed E-state index contributed by atoms with van der Waals surface area (Å²) in [7, 11) is 0. The van der Waals surface area contributed by atoms with E-state index in [9.17, 15) is 9.90 Å². The molecule has 27 heavy (non-hydrogen) atoms. The van der Waals surface area contributed by atoms with Gasteiger partial charge in [0, 0.05) is 12.0 Å². The predicted octanol–water partition coefficient (Wildman–Crippen LogP) is 2.71. The second-order valence-electron chi connectivity index (χ2n) is 7.92. The summed E-state index contributed by atoms with van der Waals surface area (Å²) >= 11 is 0. The zero-order valence-electron chi connectivity index (χ0n) is 19.1. The van der Waals surface area contributed by atoms with Gasteiger partial charge in [0.1, 0.15) is 0 Å². The molecule has 0 bridgehead atoms. The van der Waals surface area contributed by atoms with Crippen molar-refractivity contribution in [1.29, 1.82) is 0 Å². The summed E-state index contributed by atoms with van der Waals surface area (Å²) in [6.45, 7) is 9.00. The van der Waals surface area contributed by atoms with Crippen LogP contribution in [-0.4, -0.2) is 30.0 Å². The molecule has 1 unspecified atom stereocenters. The van der Waals surface area contributed by atoms with Crippen molar-refractivity contribution in [1.82, 2.24) is 4.90 Å². The molecule has 0 heterocycles. The smallest absolute Gasteiger partial charge is 0.550 e. The Morgan fingerprint density at radius 2 is 1.15 bits per heavy atom. The van der Waals surface area contributed by atoms with Crippen LogP contribution in [0.5, 0.6) is 0 Å². The predicted molar refractivity (Wildman–Crippen MR) is 111 cm³/mol. The first-order valence-corrected chi connectivity index (χ1v) is 11.6. The van der Waals surface area contributed by atoms with Gasteiger partial charge < -0.3 is 14.8 Å². The van der Waals surface area contributed by atoms with Crippen LogP contribution in [0.1, 0.15) is 124 Å². The Balaban J connectivity index is 0. The first-order valence-electron chi connectivity index (χ1n) is 11.6. The summed E-state index contributed by atoms with van der Waals surface area (Å²) in [5, 5.41) is 10.9. The fourth-order valence-electron chi connectivity index (χ4n) is 3.79. The number of nitrogens with zero attached hydrogens (tertiary/aromatic N) is 1. The van der Waals surface area contributed by atoms with E-state index < -0.39 is 5.97 Å². The number of carboxylic acids is 1. The number of carbonyl (C=O) groups excluding carboxylic acids is 1. The molecule has 0 spiro atoms. The molecule has 0 aliphatic carbocycles. The first kappa shape index (κ1) is 30.3. The van der Waals surface area contributed by atoms with Gasteiger partial charge in [0.25, 0.3) is 0 Å². The van der Waals surface area contributed by atoms with Crippen molar-refractivity contribution in [3.05, 3.63) is 0 Å². The van der Waals surface area contributed by atoms with Crippen LogP contribution in [0.25, 0.3) is 0 Å². The number of hydrogen-bond donors (Lipinski definition) is 0. The molecular weight excluding hydrogens is 361 g/mol.